The lowest BCUT2D eigenvalue weighted by molar-refractivity contribution is 0.303. The zero-order valence-corrected chi connectivity index (χ0v) is 9.48. The number of halogens is 1. The van der Waals surface area contributed by atoms with Crippen molar-refractivity contribution in [2.24, 2.45) is 0 Å². The van der Waals surface area contributed by atoms with Crippen LogP contribution in [0.2, 0.25) is 0 Å². The average Bonchev–Trinajstić information content (AvgIpc) is 2.25. The lowest BCUT2D eigenvalue weighted by Crippen LogP contribution is -1.96. The average molecular weight is 232 g/mol. The Morgan fingerprint density at radius 1 is 1.18 bits per heavy atom. The normalized spacial score (nSPS) is 10.2. The zero-order valence-electron chi connectivity index (χ0n) is 9.48. The fourth-order valence-corrected chi connectivity index (χ4v) is 1.61. The van der Waals surface area contributed by atoms with Crippen LogP contribution in [0.5, 0.6) is 11.5 Å². The van der Waals surface area contributed by atoms with E-state index in [4.69, 9.17) is 4.74 Å². The first-order valence-corrected chi connectivity index (χ1v) is 5.31. The highest BCUT2D eigenvalue weighted by molar-refractivity contribution is 5.37. The molecule has 2 nitrogen and oxygen atoms in total. The molecule has 2 rings (SSSR count). The number of benzene rings is 2. The van der Waals surface area contributed by atoms with E-state index in [-0.39, 0.29) is 18.2 Å². The van der Waals surface area contributed by atoms with Gasteiger partial charge in [0.25, 0.3) is 0 Å². The van der Waals surface area contributed by atoms with E-state index in [2.05, 4.69) is 0 Å². The van der Waals surface area contributed by atoms with Crippen molar-refractivity contribution in [3.63, 3.8) is 0 Å². The number of hydrogen-bond acceptors (Lipinski definition) is 2. The first kappa shape index (κ1) is 11.5. The molecule has 0 saturated carbocycles. The van der Waals surface area contributed by atoms with Crippen LogP contribution in [0, 0.1) is 12.7 Å². The van der Waals surface area contributed by atoms with Crippen molar-refractivity contribution in [3.8, 4) is 11.5 Å². The fourth-order valence-electron chi connectivity index (χ4n) is 1.61. The third-order valence-corrected chi connectivity index (χ3v) is 2.33. The Hall–Kier alpha value is -2.03. The standard InChI is InChI=1S/C14H13FO2/c1-10-5-13(16)8-14(6-10)17-9-11-3-2-4-12(15)7-11/h2-8,16H,9H2,1H3. The highest BCUT2D eigenvalue weighted by Crippen LogP contribution is 2.22. The van der Waals surface area contributed by atoms with Crippen LogP contribution in [0.1, 0.15) is 11.1 Å². The van der Waals surface area contributed by atoms with E-state index in [0.717, 1.165) is 11.1 Å². The van der Waals surface area contributed by atoms with Crippen molar-refractivity contribution in [2.75, 3.05) is 0 Å². The van der Waals surface area contributed by atoms with E-state index in [1.54, 1.807) is 18.2 Å². The molecular formula is C14H13FO2. The summed E-state index contributed by atoms with van der Waals surface area (Å²) in [6.07, 6.45) is 0. The molecule has 0 fully saturated rings. The number of phenols is 1. The number of rotatable bonds is 3. The van der Waals surface area contributed by atoms with E-state index < -0.39 is 0 Å². The molecule has 0 aliphatic heterocycles. The van der Waals surface area contributed by atoms with Gasteiger partial charge < -0.3 is 9.84 Å². The molecule has 2 aromatic rings. The van der Waals surface area contributed by atoms with Crippen LogP contribution >= 0.6 is 0 Å². The Bertz CT molecular complexity index is 503. The summed E-state index contributed by atoms with van der Waals surface area (Å²) in [5, 5.41) is 9.40. The van der Waals surface area contributed by atoms with Crippen molar-refractivity contribution in [3.05, 3.63) is 59.4 Å². The minimum Gasteiger partial charge on any atom is -0.508 e. The topological polar surface area (TPSA) is 29.5 Å². The lowest BCUT2D eigenvalue weighted by Gasteiger charge is -2.07. The molecule has 0 bridgehead atoms. The van der Waals surface area contributed by atoms with Crippen LogP contribution in [0.15, 0.2) is 42.5 Å². The van der Waals surface area contributed by atoms with E-state index in [1.807, 2.05) is 13.0 Å². The third kappa shape index (κ3) is 3.21. The summed E-state index contributed by atoms with van der Waals surface area (Å²) in [6.45, 7) is 2.15. The van der Waals surface area contributed by atoms with Crippen molar-refractivity contribution in [1.82, 2.24) is 0 Å². The molecule has 0 amide bonds. The van der Waals surface area contributed by atoms with Crippen LogP contribution in [0.4, 0.5) is 4.39 Å². The SMILES string of the molecule is Cc1cc(O)cc(OCc2cccc(F)c2)c1. The molecule has 17 heavy (non-hydrogen) atoms. The second-order valence-corrected chi connectivity index (χ2v) is 3.92. The van der Waals surface area contributed by atoms with Gasteiger partial charge in [0.05, 0.1) is 0 Å². The van der Waals surface area contributed by atoms with E-state index in [9.17, 15) is 9.50 Å². The van der Waals surface area contributed by atoms with Crippen molar-refractivity contribution in [2.45, 2.75) is 13.5 Å². The van der Waals surface area contributed by atoms with Gasteiger partial charge in [-0.1, -0.05) is 12.1 Å². The maximum Gasteiger partial charge on any atom is 0.123 e. The summed E-state index contributed by atoms with van der Waals surface area (Å²) < 4.78 is 18.4. The van der Waals surface area contributed by atoms with Gasteiger partial charge in [0.15, 0.2) is 0 Å². The first-order valence-electron chi connectivity index (χ1n) is 5.31. The summed E-state index contributed by atoms with van der Waals surface area (Å²) in [5.41, 5.74) is 1.67. The molecule has 0 unspecified atom stereocenters. The summed E-state index contributed by atoms with van der Waals surface area (Å²) in [5.74, 6) is 0.462. The molecule has 0 aliphatic rings. The number of hydrogen-bond donors (Lipinski definition) is 1. The maximum atomic E-state index is 12.9. The predicted molar refractivity (Wildman–Crippen MR) is 63.6 cm³/mol. The van der Waals surface area contributed by atoms with Crippen LogP contribution in [-0.4, -0.2) is 5.11 Å². The summed E-state index contributed by atoms with van der Waals surface area (Å²) in [6, 6.07) is 11.2. The second kappa shape index (κ2) is 4.87. The van der Waals surface area contributed by atoms with Gasteiger partial charge in [0.2, 0.25) is 0 Å². The third-order valence-electron chi connectivity index (χ3n) is 2.33. The summed E-state index contributed by atoms with van der Waals surface area (Å²) in [7, 11) is 0. The molecule has 0 aromatic heterocycles. The Morgan fingerprint density at radius 2 is 2.00 bits per heavy atom. The van der Waals surface area contributed by atoms with Crippen molar-refractivity contribution < 1.29 is 14.2 Å². The van der Waals surface area contributed by atoms with Gasteiger partial charge in [-0.15, -0.1) is 0 Å². The van der Waals surface area contributed by atoms with Gasteiger partial charge in [-0.3, -0.25) is 0 Å². The molecular weight excluding hydrogens is 219 g/mol. The van der Waals surface area contributed by atoms with Gasteiger partial charge >= 0.3 is 0 Å². The second-order valence-electron chi connectivity index (χ2n) is 3.92. The van der Waals surface area contributed by atoms with E-state index in [0.29, 0.717) is 5.75 Å². The molecule has 0 radical (unpaired) electrons. The van der Waals surface area contributed by atoms with Crippen LogP contribution < -0.4 is 4.74 Å². The molecule has 0 saturated heterocycles. The minimum atomic E-state index is -0.279. The molecule has 0 atom stereocenters. The molecule has 3 heteroatoms. The van der Waals surface area contributed by atoms with Crippen LogP contribution in [0.25, 0.3) is 0 Å². The van der Waals surface area contributed by atoms with Crippen LogP contribution in [0.3, 0.4) is 0 Å². The van der Waals surface area contributed by atoms with Gasteiger partial charge in [0, 0.05) is 6.07 Å². The highest BCUT2D eigenvalue weighted by atomic mass is 19.1. The van der Waals surface area contributed by atoms with Crippen molar-refractivity contribution in [1.29, 1.82) is 0 Å². The number of phenolic OH excluding ortho intramolecular Hbond substituents is 1. The smallest absolute Gasteiger partial charge is 0.123 e. The molecule has 2 aromatic carbocycles. The zero-order chi connectivity index (χ0) is 12.3. The Labute approximate surface area is 99.3 Å². The Kier molecular flexibility index (Phi) is 3.28. The monoisotopic (exact) mass is 232 g/mol. The van der Waals surface area contributed by atoms with Gasteiger partial charge in [-0.25, -0.2) is 4.39 Å². The van der Waals surface area contributed by atoms with E-state index in [1.165, 1.54) is 18.2 Å². The molecule has 0 spiro atoms. The highest BCUT2D eigenvalue weighted by Gasteiger charge is 2.00. The molecule has 88 valence electrons. The minimum absolute atomic E-state index is 0.166. The molecule has 0 heterocycles. The lowest BCUT2D eigenvalue weighted by atomic mass is 10.2. The van der Waals surface area contributed by atoms with Gasteiger partial charge in [-0.2, -0.15) is 0 Å². The number of aromatic hydroxyl groups is 1. The summed E-state index contributed by atoms with van der Waals surface area (Å²) >= 11 is 0. The molecule has 1 N–H and O–H groups in total. The predicted octanol–water partition coefficient (Wildman–Crippen LogP) is 3.42. The largest absolute Gasteiger partial charge is 0.508 e. The van der Waals surface area contributed by atoms with Gasteiger partial charge in [-0.05, 0) is 42.3 Å². The van der Waals surface area contributed by atoms with Gasteiger partial charge in [0.1, 0.15) is 23.9 Å². The first-order chi connectivity index (χ1) is 8.13. The van der Waals surface area contributed by atoms with E-state index >= 15 is 0 Å². The maximum absolute atomic E-state index is 12.9. The van der Waals surface area contributed by atoms with Crippen LogP contribution in [-0.2, 0) is 6.61 Å². The van der Waals surface area contributed by atoms with Crippen molar-refractivity contribution >= 4 is 0 Å². The summed E-state index contributed by atoms with van der Waals surface area (Å²) in [4.78, 5) is 0. The Morgan fingerprint density at radius 3 is 2.71 bits per heavy atom. The number of aryl methyl sites for hydroxylation is 1. The quantitative estimate of drug-likeness (QED) is 0.878. The Balaban J connectivity index is 2.07. The molecule has 0 aliphatic carbocycles. The number of ether oxygens (including phenoxy) is 1. The fraction of sp³-hybridized carbons (Fsp3) is 0.143.